The normalized spacial score (nSPS) is 10.0. The Morgan fingerprint density at radius 2 is 2.35 bits per heavy atom. The van der Waals surface area contributed by atoms with E-state index >= 15 is 0 Å². The molecule has 0 atom stereocenters. The van der Waals surface area contributed by atoms with Gasteiger partial charge in [0, 0.05) is 18.4 Å². The highest BCUT2D eigenvalue weighted by Crippen LogP contribution is 2.20. The van der Waals surface area contributed by atoms with E-state index < -0.39 is 5.97 Å². The van der Waals surface area contributed by atoms with E-state index in [-0.39, 0.29) is 6.42 Å². The first-order chi connectivity index (χ1) is 9.63. The number of hydrogen-bond donors (Lipinski definition) is 1. The van der Waals surface area contributed by atoms with Crippen molar-refractivity contribution in [1.82, 2.24) is 9.55 Å². The monoisotopic (exact) mass is 271 g/mol. The Morgan fingerprint density at radius 3 is 3.00 bits per heavy atom. The maximum absolute atomic E-state index is 10.8. The highest BCUT2D eigenvalue weighted by Gasteiger charge is 2.09. The number of nitrogens with zero attached hydrogens (tertiary/aromatic N) is 3. The van der Waals surface area contributed by atoms with Crippen LogP contribution in [0.15, 0.2) is 30.7 Å². The zero-order chi connectivity index (χ0) is 14.5. The summed E-state index contributed by atoms with van der Waals surface area (Å²) >= 11 is 0. The molecule has 0 aliphatic rings. The highest BCUT2D eigenvalue weighted by atomic mass is 16.5. The van der Waals surface area contributed by atoms with Crippen LogP contribution in [0.2, 0.25) is 0 Å². The minimum Gasteiger partial charge on any atom is -0.495 e. The molecule has 0 saturated carbocycles. The predicted molar refractivity (Wildman–Crippen MR) is 70.4 cm³/mol. The number of carbonyl (C=O) groups is 1. The van der Waals surface area contributed by atoms with Crippen LogP contribution in [0.3, 0.4) is 0 Å². The minimum atomic E-state index is -0.899. The summed E-state index contributed by atoms with van der Waals surface area (Å²) in [5, 5.41) is 17.8. The summed E-state index contributed by atoms with van der Waals surface area (Å²) in [4.78, 5) is 14.7. The number of hydrogen-bond acceptors (Lipinski definition) is 4. The molecule has 0 fully saturated rings. The molecule has 0 aliphatic carbocycles. The van der Waals surface area contributed by atoms with Crippen molar-refractivity contribution in [2.45, 2.75) is 13.0 Å². The van der Waals surface area contributed by atoms with E-state index in [1.165, 1.54) is 13.3 Å². The lowest BCUT2D eigenvalue weighted by Gasteiger charge is -2.09. The molecule has 0 bridgehead atoms. The topological polar surface area (TPSA) is 88.1 Å². The van der Waals surface area contributed by atoms with Crippen molar-refractivity contribution in [1.29, 1.82) is 5.26 Å². The van der Waals surface area contributed by atoms with E-state index in [1.807, 2.05) is 12.1 Å². The Kier molecular flexibility index (Phi) is 4.01. The molecule has 102 valence electrons. The smallest absolute Gasteiger partial charge is 0.309 e. The minimum absolute atomic E-state index is 0.0760. The van der Waals surface area contributed by atoms with Crippen molar-refractivity contribution in [3.05, 3.63) is 47.5 Å². The number of ether oxygens (including phenoxy) is 1. The van der Waals surface area contributed by atoms with E-state index in [0.717, 1.165) is 5.56 Å². The van der Waals surface area contributed by atoms with Crippen LogP contribution in [0.5, 0.6) is 5.75 Å². The van der Waals surface area contributed by atoms with Crippen molar-refractivity contribution in [2.24, 2.45) is 0 Å². The van der Waals surface area contributed by atoms with Crippen molar-refractivity contribution >= 4 is 5.97 Å². The van der Waals surface area contributed by atoms with E-state index in [2.05, 4.69) is 4.98 Å². The van der Waals surface area contributed by atoms with Crippen LogP contribution in [0.1, 0.15) is 16.8 Å². The van der Waals surface area contributed by atoms with Gasteiger partial charge in [0.1, 0.15) is 11.8 Å². The molecule has 0 aliphatic heterocycles. The van der Waals surface area contributed by atoms with Gasteiger partial charge in [-0.1, -0.05) is 6.07 Å². The van der Waals surface area contributed by atoms with Gasteiger partial charge in [-0.15, -0.1) is 0 Å². The molecule has 1 aromatic heterocycles. The summed E-state index contributed by atoms with van der Waals surface area (Å²) in [6.45, 7) is 0.477. The van der Waals surface area contributed by atoms with E-state index in [1.54, 1.807) is 23.0 Å². The second-order valence-corrected chi connectivity index (χ2v) is 4.23. The Balaban J connectivity index is 2.25. The van der Waals surface area contributed by atoms with Crippen LogP contribution in [-0.4, -0.2) is 27.7 Å². The fraction of sp³-hybridized carbons (Fsp3) is 0.214. The Morgan fingerprint density at radius 1 is 1.55 bits per heavy atom. The molecular weight excluding hydrogens is 258 g/mol. The molecule has 0 saturated heterocycles. The maximum atomic E-state index is 10.8. The van der Waals surface area contributed by atoms with Gasteiger partial charge in [0.05, 0.1) is 25.4 Å². The molecule has 6 heteroatoms. The zero-order valence-corrected chi connectivity index (χ0v) is 10.9. The van der Waals surface area contributed by atoms with Crippen LogP contribution in [0.25, 0.3) is 0 Å². The lowest BCUT2D eigenvalue weighted by atomic mass is 10.1. The summed E-state index contributed by atoms with van der Waals surface area (Å²) in [6, 6.07) is 7.31. The lowest BCUT2D eigenvalue weighted by molar-refractivity contribution is -0.136. The van der Waals surface area contributed by atoms with Gasteiger partial charge in [0.25, 0.3) is 0 Å². The number of imidazole rings is 1. The first-order valence-corrected chi connectivity index (χ1v) is 5.92. The molecule has 0 amide bonds. The van der Waals surface area contributed by atoms with Gasteiger partial charge in [-0.2, -0.15) is 5.26 Å². The molecule has 0 spiro atoms. The summed E-state index contributed by atoms with van der Waals surface area (Å²) in [5.41, 5.74) is 2.00. The average Bonchev–Trinajstić information content (AvgIpc) is 2.85. The third-order valence-electron chi connectivity index (χ3n) is 2.87. The number of methoxy groups -OCH3 is 1. The van der Waals surface area contributed by atoms with Crippen molar-refractivity contribution in [2.75, 3.05) is 7.11 Å². The Labute approximate surface area is 115 Å². The number of carboxylic acid groups (broad SMARTS) is 1. The molecule has 1 aromatic carbocycles. The Hall–Kier alpha value is -2.81. The summed E-state index contributed by atoms with van der Waals surface area (Å²) in [5.74, 6) is -0.394. The molecule has 1 N–H and O–H groups in total. The van der Waals surface area contributed by atoms with Gasteiger partial charge in [-0.05, 0) is 17.7 Å². The van der Waals surface area contributed by atoms with Crippen LogP contribution < -0.4 is 4.74 Å². The lowest BCUT2D eigenvalue weighted by Crippen LogP contribution is -2.08. The molecule has 1 heterocycles. The standard InChI is InChI=1S/C14H13N3O3/c1-20-13-4-10(2-3-11(13)6-15)8-17-9-16-7-12(17)5-14(18)19/h2-4,7,9H,5,8H2,1H3,(H,18,19). The van der Waals surface area contributed by atoms with E-state index in [4.69, 9.17) is 15.1 Å². The maximum Gasteiger partial charge on any atom is 0.309 e. The molecule has 0 unspecified atom stereocenters. The first-order valence-electron chi connectivity index (χ1n) is 5.92. The van der Waals surface area contributed by atoms with Crippen LogP contribution in [0, 0.1) is 11.3 Å². The van der Waals surface area contributed by atoms with Crippen LogP contribution in [0.4, 0.5) is 0 Å². The second-order valence-electron chi connectivity index (χ2n) is 4.23. The van der Waals surface area contributed by atoms with Gasteiger partial charge in [-0.25, -0.2) is 4.98 Å². The number of carboxylic acids is 1. The fourth-order valence-electron chi connectivity index (χ4n) is 1.92. The number of nitriles is 1. The number of rotatable bonds is 5. The quantitative estimate of drug-likeness (QED) is 0.888. The Bertz CT molecular complexity index is 671. The fourth-order valence-corrected chi connectivity index (χ4v) is 1.92. The molecule has 2 aromatic rings. The number of aliphatic carboxylic acids is 1. The van der Waals surface area contributed by atoms with Gasteiger partial charge in [0.15, 0.2) is 0 Å². The van der Waals surface area contributed by atoms with E-state index in [0.29, 0.717) is 23.6 Å². The van der Waals surface area contributed by atoms with Crippen molar-refractivity contribution in [3.8, 4) is 11.8 Å². The predicted octanol–water partition coefficient (Wildman–Crippen LogP) is 1.44. The second kappa shape index (κ2) is 5.89. The SMILES string of the molecule is COc1cc(Cn2cncc2CC(=O)O)ccc1C#N. The van der Waals surface area contributed by atoms with E-state index in [9.17, 15) is 4.79 Å². The van der Waals surface area contributed by atoms with Gasteiger partial charge in [-0.3, -0.25) is 4.79 Å². The van der Waals surface area contributed by atoms with Gasteiger partial charge >= 0.3 is 5.97 Å². The summed E-state index contributed by atoms with van der Waals surface area (Å²) in [6.07, 6.45) is 3.05. The largest absolute Gasteiger partial charge is 0.495 e. The third-order valence-corrected chi connectivity index (χ3v) is 2.87. The van der Waals surface area contributed by atoms with Gasteiger partial charge < -0.3 is 14.4 Å². The highest BCUT2D eigenvalue weighted by molar-refractivity contribution is 5.69. The van der Waals surface area contributed by atoms with Crippen LogP contribution >= 0.6 is 0 Å². The number of aromatic nitrogens is 2. The third kappa shape index (κ3) is 2.95. The van der Waals surface area contributed by atoms with Crippen molar-refractivity contribution in [3.63, 3.8) is 0 Å². The summed E-state index contributed by atoms with van der Waals surface area (Å²) < 4.78 is 6.91. The molecule has 6 nitrogen and oxygen atoms in total. The van der Waals surface area contributed by atoms with Crippen LogP contribution in [-0.2, 0) is 17.8 Å². The van der Waals surface area contributed by atoms with Crippen molar-refractivity contribution < 1.29 is 14.6 Å². The molecule has 0 radical (unpaired) electrons. The first kappa shape index (κ1) is 13.6. The number of benzene rings is 1. The van der Waals surface area contributed by atoms with Gasteiger partial charge in [0.2, 0.25) is 0 Å². The average molecular weight is 271 g/mol. The zero-order valence-electron chi connectivity index (χ0n) is 10.9. The summed E-state index contributed by atoms with van der Waals surface area (Å²) in [7, 11) is 1.51. The molecular formula is C14H13N3O3. The molecule has 20 heavy (non-hydrogen) atoms. The molecule has 2 rings (SSSR count).